The third-order valence-corrected chi connectivity index (χ3v) is 11.7. The summed E-state index contributed by atoms with van der Waals surface area (Å²) in [5.41, 5.74) is 4.84. The maximum Gasteiger partial charge on any atom is 0.325 e. The van der Waals surface area contributed by atoms with Crippen LogP contribution in [-0.2, 0) is 35.1 Å². The normalized spacial score (nSPS) is 17.5. The fraction of sp³-hybridized carbons (Fsp3) is 0.362. The van der Waals surface area contributed by atoms with Crippen molar-refractivity contribution >= 4 is 57.7 Å². The minimum atomic E-state index is -1.02. The van der Waals surface area contributed by atoms with Gasteiger partial charge in [0, 0.05) is 38.3 Å². The SMILES string of the molecule is C=CC(=O)N1CC(N2Cc3ccc(-c4cc(OCC)cc5ccccc45)cc3N(CCOCCOCCOCCNc3ccc4c(c3)C(=O)N(C3CCC(=O)NC3=O)C4=O)C2=O)C1. The van der Waals surface area contributed by atoms with Crippen LogP contribution in [0.1, 0.15) is 46.0 Å². The van der Waals surface area contributed by atoms with Crippen molar-refractivity contribution < 1.29 is 47.7 Å². The van der Waals surface area contributed by atoms with Crippen molar-refractivity contribution in [2.75, 3.05) is 82.6 Å². The lowest BCUT2D eigenvalue weighted by Gasteiger charge is -2.48. The molecule has 0 radical (unpaired) electrons. The van der Waals surface area contributed by atoms with E-state index in [0.29, 0.717) is 78.1 Å². The number of ether oxygens (including phenoxy) is 4. The molecule has 7 amide bonds. The Morgan fingerprint density at radius 1 is 0.841 bits per heavy atom. The van der Waals surface area contributed by atoms with Crippen molar-refractivity contribution in [2.24, 2.45) is 0 Å². The summed E-state index contributed by atoms with van der Waals surface area (Å²) < 4.78 is 23.3. The number of nitrogens with zero attached hydrogens (tertiary/aromatic N) is 4. The monoisotopic (exact) mass is 858 g/mol. The second-order valence-corrected chi connectivity index (χ2v) is 15.6. The van der Waals surface area contributed by atoms with Gasteiger partial charge in [-0.3, -0.25) is 39.1 Å². The predicted octanol–water partition coefficient (Wildman–Crippen LogP) is 4.61. The predicted molar refractivity (Wildman–Crippen MR) is 233 cm³/mol. The first-order chi connectivity index (χ1) is 30.6. The maximum atomic E-state index is 14.2. The van der Waals surface area contributed by atoms with E-state index in [-0.39, 0.29) is 48.6 Å². The van der Waals surface area contributed by atoms with Crippen molar-refractivity contribution in [3.63, 3.8) is 0 Å². The smallest absolute Gasteiger partial charge is 0.325 e. The molecule has 0 aromatic heterocycles. The average Bonchev–Trinajstić information content (AvgIpc) is 3.51. The second-order valence-electron chi connectivity index (χ2n) is 15.6. The van der Waals surface area contributed by atoms with Crippen LogP contribution in [0.25, 0.3) is 21.9 Å². The van der Waals surface area contributed by atoms with Gasteiger partial charge in [0.15, 0.2) is 0 Å². The number of carbonyl (C=O) groups is 6. The number of hydrogen-bond donors (Lipinski definition) is 2. The highest BCUT2D eigenvalue weighted by atomic mass is 16.5. The lowest BCUT2D eigenvalue weighted by molar-refractivity contribution is -0.136. The van der Waals surface area contributed by atoms with Gasteiger partial charge in [0.1, 0.15) is 11.8 Å². The number of piperidine rings is 1. The van der Waals surface area contributed by atoms with Gasteiger partial charge in [-0.25, -0.2) is 4.79 Å². The molecule has 16 heteroatoms. The average molecular weight is 859 g/mol. The van der Waals surface area contributed by atoms with E-state index in [1.54, 1.807) is 28.0 Å². The highest BCUT2D eigenvalue weighted by Gasteiger charge is 2.45. The third-order valence-electron chi connectivity index (χ3n) is 11.7. The number of rotatable bonds is 19. The molecule has 16 nitrogen and oxygen atoms in total. The van der Waals surface area contributed by atoms with Crippen LogP contribution < -0.4 is 20.3 Å². The number of fused-ring (bicyclic) bond motifs is 3. The summed E-state index contributed by atoms with van der Waals surface area (Å²) in [6.45, 7) is 10.2. The Kier molecular flexibility index (Phi) is 13.1. The minimum absolute atomic E-state index is 0.0582. The molecule has 4 aliphatic rings. The van der Waals surface area contributed by atoms with Gasteiger partial charge in [-0.15, -0.1) is 0 Å². The Hall–Kier alpha value is -6.62. The van der Waals surface area contributed by atoms with Gasteiger partial charge in [-0.05, 0) is 83.3 Å². The molecule has 4 heterocycles. The van der Waals surface area contributed by atoms with Crippen LogP contribution in [0.5, 0.6) is 5.75 Å². The van der Waals surface area contributed by atoms with E-state index in [9.17, 15) is 28.8 Å². The molecule has 0 spiro atoms. The van der Waals surface area contributed by atoms with Gasteiger partial charge in [-0.1, -0.05) is 43.0 Å². The number of imide groups is 2. The molecule has 2 N–H and O–H groups in total. The zero-order chi connectivity index (χ0) is 44.0. The summed E-state index contributed by atoms with van der Waals surface area (Å²) in [5, 5.41) is 7.53. The first-order valence-corrected chi connectivity index (χ1v) is 21.3. The van der Waals surface area contributed by atoms with Gasteiger partial charge in [0.05, 0.1) is 75.6 Å². The van der Waals surface area contributed by atoms with Crippen LogP contribution in [0.2, 0.25) is 0 Å². The summed E-state index contributed by atoms with van der Waals surface area (Å²) in [5.74, 6) is -1.55. The molecule has 0 aliphatic carbocycles. The van der Waals surface area contributed by atoms with Crippen LogP contribution >= 0.6 is 0 Å². The lowest BCUT2D eigenvalue weighted by atomic mass is 9.94. The van der Waals surface area contributed by atoms with Gasteiger partial charge < -0.3 is 34.1 Å². The van der Waals surface area contributed by atoms with E-state index in [0.717, 1.165) is 43.8 Å². The van der Waals surface area contributed by atoms with Gasteiger partial charge in [-0.2, -0.15) is 0 Å². The molecule has 1 atom stereocenters. The van der Waals surface area contributed by atoms with Gasteiger partial charge >= 0.3 is 6.03 Å². The number of nitrogens with one attached hydrogen (secondary N) is 2. The summed E-state index contributed by atoms with van der Waals surface area (Å²) in [6.07, 6.45) is 1.45. The third kappa shape index (κ3) is 9.14. The summed E-state index contributed by atoms with van der Waals surface area (Å²) >= 11 is 0. The fourth-order valence-corrected chi connectivity index (χ4v) is 8.41. The van der Waals surface area contributed by atoms with Crippen molar-refractivity contribution in [1.29, 1.82) is 0 Å². The number of likely N-dealkylation sites (tertiary alicyclic amines) is 1. The molecule has 4 aromatic carbocycles. The summed E-state index contributed by atoms with van der Waals surface area (Å²) in [7, 11) is 0. The van der Waals surface area contributed by atoms with Crippen molar-refractivity contribution in [2.45, 2.75) is 38.4 Å². The Morgan fingerprint density at radius 3 is 2.35 bits per heavy atom. The first kappa shape index (κ1) is 43.0. The van der Waals surface area contributed by atoms with Crippen LogP contribution in [0, 0.1) is 0 Å². The molecule has 8 rings (SSSR count). The van der Waals surface area contributed by atoms with Crippen molar-refractivity contribution in [3.05, 3.63) is 102 Å². The van der Waals surface area contributed by atoms with E-state index in [4.69, 9.17) is 18.9 Å². The van der Waals surface area contributed by atoms with Crippen molar-refractivity contribution in [1.82, 2.24) is 20.0 Å². The largest absolute Gasteiger partial charge is 0.494 e. The van der Waals surface area contributed by atoms with E-state index >= 15 is 0 Å². The number of hydrogen-bond acceptors (Lipinski definition) is 11. The Balaban J connectivity index is 0.799. The maximum absolute atomic E-state index is 14.2. The molecule has 1 unspecified atom stereocenters. The Labute approximate surface area is 364 Å². The zero-order valence-corrected chi connectivity index (χ0v) is 35.1. The molecule has 0 saturated carbocycles. The number of urea groups is 1. The quantitative estimate of drug-likeness (QED) is 0.0766. The van der Waals surface area contributed by atoms with Gasteiger partial charge in [0.2, 0.25) is 17.7 Å². The first-order valence-electron chi connectivity index (χ1n) is 21.3. The standard InChI is InChI=1S/C47H50N6O10/c1-3-43(55)50-28-34(29-50)52-27-32-10-9-31(38-26-35(63-4-2)23-30-7-5-6-8-36(30)38)24-41(32)51(47(52)59)16-18-61-20-22-62-21-19-60-17-15-48-33-11-12-37-39(25-33)46(58)53(45(37)57)40-13-14-42(54)49-44(40)56/h3,5-12,23-26,34,40,48H,1,4,13-22,27-29H2,2H3,(H,49,54,56). The van der Waals surface area contributed by atoms with Crippen LogP contribution in [0.15, 0.2) is 85.5 Å². The number of amides is 7. The fourth-order valence-electron chi connectivity index (χ4n) is 8.41. The molecular weight excluding hydrogens is 809 g/mol. The van der Waals surface area contributed by atoms with Crippen LogP contribution in [0.4, 0.5) is 16.2 Å². The summed E-state index contributed by atoms with van der Waals surface area (Å²) in [4.78, 5) is 82.5. The van der Waals surface area contributed by atoms with E-state index in [2.05, 4.69) is 47.5 Å². The van der Waals surface area contributed by atoms with Crippen LogP contribution in [0.3, 0.4) is 0 Å². The van der Waals surface area contributed by atoms with E-state index in [1.165, 1.54) is 6.08 Å². The molecule has 2 fully saturated rings. The molecule has 4 aliphatic heterocycles. The molecule has 328 valence electrons. The zero-order valence-electron chi connectivity index (χ0n) is 35.1. The molecular formula is C47H50N6O10. The highest BCUT2D eigenvalue weighted by molar-refractivity contribution is 6.23. The molecule has 2 saturated heterocycles. The topological polar surface area (TPSA) is 176 Å². The van der Waals surface area contributed by atoms with E-state index in [1.807, 2.05) is 36.1 Å². The molecule has 0 bridgehead atoms. The number of anilines is 2. The molecule has 63 heavy (non-hydrogen) atoms. The Bertz CT molecular complexity index is 2450. The molecule has 4 aromatic rings. The number of carbonyl (C=O) groups excluding carboxylic acids is 6. The highest BCUT2D eigenvalue weighted by Crippen LogP contribution is 2.39. The summed E-state index contributed by atoms with van der Waals surface area (Å²) in [6, 6.07) is 22.1. The van der Waals surface area contributed by atoms with Gasteiger partial charge in [0.25, 0.3) is 11.8 Å². The lowest BCUT2D eigenvalue weighted by Crippen LogP contribution is -2.64. The Morgan fingerprint density at radius 2 is 1.59 bits per heavy atom. The minimum Gasteiger partial charge on any atom is -0.494 e. The van der Waals surface area contributed by atoms with Crippen LogP contribution in [-0.4, -0.2) is 135 Å². The van der Waals surface area contributed by atoms with Crippen molar-refractivity contribution in [3.8, 4) is 16.9 Å². The second kappa shape index (κ2) is 19.2. The number of benzene rings is 4. The van der Waals surface area contributed by atoms with E-state index < -0.39 is 29.7 Å².